The molecule has 1 fully saturated rings. The molecule has 1 N–H and O–H groups in total. The van der Waals surface area contributed by atoms with Crippen molar-refractivity contribution in [3.05, 3.63) is 54.1 Å². The second-order valence-corrected chi connectivity index (χ2v) is 6.81. The summed E-state index contributed by atoms with van der Waals surface area (Å²) in [5, 5.41) is 20.4. The average Bonchev–Trinajstić information content (AvgIpc) is 2.78. The lowest BCUT2D eigenvalue weighted by Gasteiger charge is -2.27. The van der Waals surface area contributed by atoms with Crippen molar-refractivity contribution in [2.45, 2.75) is 13.0 Å². The second-order valence-electron chi connectivity index (χ2n) is 5.74. The number of aromatic hydroxyl groups is 1. The van der Waals surface area contributed by atoms with E-state index in [0.717, 1.165) is 33.7 Å². The molecule has 1 aliphatic rings. The van der Waals surface area contributed by atoms with E-state index in [1.165, 1.54) is 0 Å². The van der Waals surface area contributed by atoms with Gasteiger partial charge in [0.2, 0.25) is 5.88 Å². The van der Waals surface area contributed by atoms with Crippen molar-refractivity contribution in [1.82, 2.24) is 4.57 Å². The summed E-state index contributed by atoms with van der Waals surface area (Å²) in [6.45, 7) is 2.00. The van der Waals surface area contributed by atoms with Crippen molar-refractivity contribution in [3.63, 3.8) is 0 Å². The van der Waals surface area contributed by atoms with Crippen LogP contribution in [0.2, 0.25) is 0 Å². The normalized spacial score (nSPS) is 15.3. The van der Waals surface area contributed by atoms with Gasteiger partial charge in [0.1, 0.15) is 0 Å². The standard InChI is InChI=1S/C18H17N3OS/c1-12-6-2-4-8-15(12)19-20-17-14-7-3-5-9-16(14)21(18(17)22)13-10-23-11-13/h2-9,13,22H,10-11H2,1H3. The van der Waals surface area contributed by atoms with Gasteiger partial charge in [0, 0.05) is 16.9 Å². The highest BCUT2D eigenvalue weighted by molar-refractivity contribution is 8.00. The third-order valence-electron chi connectivity index (χ3n) is 4.22. The smallest absolute Gasteiger partial charge is 0.221 e. The van der Waals surface area contributed by atoms with Gasteiger partial charge < -0.3 is 9.67 Å². The molecule has 0 unspecified atom stereocenters. The van der Waals surface area contributed by atoms with Gasteiger partial charge in [-0.15, -0.1) is 5.11 Å². The number of aryl methyl sites for hydroxylation is 1. The van der Waals surface area contributed by atoms with Crippen LogP contribution in [-0.2, 0) is 0 Å². The maximum absolute atomic E-state index is 10.7. The van der Waals surface area contributed by atoms with E-state index in [-0.39, 0.29) is 5.88 Å². The zero-order valence-corrected chi connectivity index (χ0v) is 13.6. The van der Waals surface area contributed by atoms with Gasteiger partial charge in [0.25, 0.3) is 0 Å². The van der Waals surface area contributed by atoms with E-state index >= 15 is 0 Å². The van der Waals surface area contributed by atoms with Crippen molar-refractivity contribution < 1.29 is 5.11 Å². The summed E-state index contributed by atoms with van der Waals surface area (Å²) in [6, 6.07) is 16.2. The third-order valence-corrected chi connectivity index (χ3v) is 5.46. The summed E-state index contributed by atoms with van der Waals surface area (Å²) in [5.74, 6) is 2.27. The van der Waals surface area contributed by atoms with Crippen molar-refractivity contribution in [3.8, 4) is 5.88 Å². The SMILES string of the molecule is Cc1ccccc1N=Nc1c(O)n(C2CSC2)c2ccccc12. The van der Waals surface area contributed by atoms with E-state index in [2.05, 4.69) is 10.2 Å². The molecular weight excluding hydrogens is 306 g/mol. The van der Waals surface area contributed by atoms with Crippen molar-refractivity contribution in [2.75, 3.05) is 11.5 Å². The molecule has 4 nitrogen and oxygen atoms in total. The first-order chi connectivity index (χ1) is 11.3. The molecule has 0 aliphatic carbocycles. The Morgan fingerprint density at radius 2 is 1.78 bits per heavy atom. The fourth-order valence-electron chi connectivity index (χ4n) is 2.85. The Balaban J connectivity index is 1.84. The predicted octanol–water partition coefficient (Wildman–Crippen LogP) is 5.36. The number of thioether (sulfide) groups is 1. The molecule has 0 spiro atoms. The molecule has 0 amide bonds. The Labute approximate surface area is 138 Å². The summed E-state index contributed by atoms with van der Waals surface area (Å²) < 4.78 is 2.00. The monoisotopic (exact) mass is 323 g/mol. The number of fused-ring (bicyclic) bond motifs is 1. The maximum Gasteiger partial charge on any atom is 0.221 e. The molecule has 0 atom stereocenters. The largest absolute Gasteiger partial charge is 0.493 e. The first-order valence-corrected chi connectivity index (χ1v) is 8.78. The Morgan fingerprint density at radius 1 is 1.04 bits per heavy atom. The van der Waals surface area contributed by atoms with Crippen molar-refractivity contribution >= 4 is 34.0 Å². The van der Waals surface area contributed by atoms with E-state index in [1.54, 1.807) is 0 Å². The van der Waals surface area contributed by atoms with Crippen LogP contribution in [0.1, 0.15) is 11.6 Å². The van der Waals surface area contributed by atoms with Crippen LogP contribution in [-0.4, -0.2) is 21.2 Å². The number of aromatic nitrogens is 1. The lowest BCUT2D eigenvalue weighted by Crippen LogP contribution is -2.22. The van der Waals surface area contributed by atoms with Crippen LogP contribution in [0.5, 0.6) is 5.88 Å². The van der Waals surface area contributed by atoms with Crippen molar-refractivity contribution in [2.24, 2.45) is 10.2 Å². The highest BCUT2D eigenvalue weighted by atomic mass is 32.2. The van der Waals surface area contributed by atoms with Crippen LogP contribution in [0.15, 0.2) is 58.8 Å². The Morgan fingerprint density at radius 3 is 2.52 bits per heavy atom. The van der Waals surface area contributed by atoms with E-state index in [9.17, 15) is 5.11 Å². The van der Waals surface area contributed by atoms with E-state index in [0.29, 0.717) is 11.7 Å². The minimum Gasteiger partial charge on any atom is -0.493 e. The molecule has 5 heteroatoms. The fourth-order valence-corrected chi connectivity index (χ4v) is 3.60. The van der Waals surface area contributed by atoms with Gasteiger partial charge in [0.05, 0.1) is 17.2 Å². The first kappa shape index (κ1) is 14.3. The lowest BCUT2D eigenvalue weighted by molar-refractivity contribution is 0.406. The quantitative estimate of drug-likeness (QED) is 0.660. The summed E-state index contributed by atoms with van der Waals surface area (Å²) in [5.41, 5.74) is 3.47. The van der Waals surface area contributed by atoms with E-state index in [4.69, 9.17) is 0 Å². The number of azo groups is 1. The Bertz CT molecular complexity index is 896. The summed E-state index contributed by atoms with van der Waals surface area (Å²) in [6.07, 6.45) is 0. The third kappa shape index (κ3) is 2.41. The van der Waals surface area contributed by atoms with Gasteiger partial charge in [-0.05, 0) is 24.6 Å². The number of benzene rings is 2. The second kappa shape index (κ2) is 5.74. The highest BCUT2D eigenvalue weighted by Gasteiger charge is 2.27. The summed E-state index contributed by atoms with van der Waals surface area (Å²) in [4.78, 5) is 0. The van der Waals surface area contributed by atoms with Crippen LogP contribution in [0.3, 0.4) is 0 Å². The Kier molecular flexibility index (Phi) is 3.58. The minimum absolute atomic E-state index is 0.217. The van der Waals surface area contributed by atoms with Gasteiger partial charge in [-0.3, -0.25) is 0 Å². The maximum atomic E-state index is 10.7. The van der Waals surface area contributed by atoms with Gasteiger partial charge in [0.15, 0.2) is 5.69 Å². The molecule has 0 saturated carbocycles. The molecule has 0 radical (unpaired) electrons. The number of nitrogens with zero attached hydrogens (tertiary/aromatic N) is 3. The predicted molar refractivity (Wildman–Crippen MR) is 95.3 cm³/mol. The molecule has 3 aromatic rings. The number of hydrogen-bond donors (Lipinski definition) is 1. The molecule has 1 aromatic heterocycles. The first-order valence-electron chi connectivity index (χ1n) is 7.62. The highest BCUT2D eigenvalue weighted by Crippen LogP contribution is 2.44. The Hall–Kier alpha value is -2.27. The zero-order chi connectivity index (χ0) is 15.8. The van der Waals surface area contributed by atoms with Gasteiger partial charge >= 0.3 is 0 Å². The minimum atomic E-state index is 0.217. The van der Waals surface area contributed by atoms with Crippen LogP contribution in [0.4, 0.5) is 11.4 Å². The van der Waals surface area contributed by atoms with Crippen molar-refractivity contribution in [1.29, 1.82) is 0 Å². The van der Waals surface area contributed by atoms with E-state index < -0.39 is 0 Å². The average molecular weight is 323 g/mol. The van der Waals surface area contributed by atoms with Crippen LogP contribution in [0, 0.1) is 6.92 Å². The van der Waals surface area contributed by atoms with Crippen LogP contribution in [0.25, 0.3) is 10.9 Å². The molecule has 4 rings (SSSR count). The molecule has 116 valence electrons. The summed E-state index contributed by atoms with van der Waals surface area (Å²) >= 11 is 1.89. The zero-order valence-electron chi connectivity index (χ0n) is 12.8. The molecule has 23 heavy (non-hydrogen) atoms. The number of hydrogen-bond acceptors (Lipinski definition) is 4. The van der Waals surface area contributed by atoms with Crippen LogP contribution < -0.4 is 0 Å². The van der Waals surface area contributed by atoms with E-state index in [1.807, 2.05) is 71.8 Å². The number of rotatable bonds is 3. The lowest BCUT2D eigenvalue weighted by atomic mass is 10.2. The van der Waals surface area contributed by atoms with Gasteiger partial charge in [-0.1, -0.05) is 36.4 Å². The molecule has 2 heterocycles. The fraction of sp³-hybridized carbons (Fsp3) is 0.222. The van der Waals surface area contributed by atoms with Gasteiger partial charge in [-0.2, -0.15) is 16.9 Å². The number of para-hydroxylation sites is 1. The van der Waals surface area contributed by atoms with Gasteiger partial charge in [-0.25, -0.2) is 0 Å². The molecular formula is C18H17N3OS. The van der Waals surface area contributed by atoms with Crippen LogP contribution >= 0.6 is 11.8 Å². The molecule has 1 saturated heterocycles. The molecule has 2 aromatic carbocycles. The summed E-state index contributed by atoms with van der Waals surface area (Å²) in [7, 11) is 0. The molecule has 0 bridgehead atoms. The molecule has 1 aliphatic heterocycles. The topological polar surface area (TPSA) is 49.9 Å².